The Hall–Kier alpha value is 2.55. The van der Waals surface area contributed by atoms with Crippen LogP contribution in [-0.2, 0) is 5.48 Å². The summed E-state index contributed by atoms with van der Waals surface area (Å²) in [6.45, 7) is 0. The Labute approximate surface area is 127 Å². The Balaban J connectivity index is -0.00000000450. The minimum absolute atomic E-state index is 0. The topological polar surface area (TPSA) is 91.7 Å². The number of halogens is 1. The molecule has 0 aliphatic heterocycles. The molecular weight excluding hydrogens is 199 g/mol. The van der Waals surface area contributed by atoms with Gasteiger partial charge in [0, 0.05) is 0 Å². The maximum absolute atomic E-state index is 8.33. The molecule has 0 atom stereocenters. The van der Waals surface area contributed by atoms with E-state index in [1.54, 1.807) is 0 Å². The number of carbonyl (C=O) groups is 1. The zero-order valence-electron chi connectivity index (χ0n) is 4.93. The third kappa shape index (κ3) is 119. The maximum Gasteiger partial charge on any atom is 2.00 e. The van der Waals surface area contributed by atoms with E-state index in [1.165, 1.54) is 0 Å². The molecule has 0 N–H and O–H groups in total. The number of carbonyl (C=O) groups excluding carboxylic acids is 1. The van der Waals surface area contributed by atoms with Crippen LogP contribution < -0.4 is 52.2 Å². The fourth-order valence-electron chi connectivity index (χ4n) is 0. The van der Waals surface area contributed by atoms with E-state index in [4.69, 9.17) is 15.0 Å². The van der Waals surface area contributed by atoms with Crippen molar-refractivity contribution in [2.45, 2.75) is 0 Å². The van der Waals surface area contributed by atoms with Crippen LogP contribution in [0.25, 0.3) is 0 Å². The van der Waals surface area contributed by atoms with E-state index >= 15 is 0 Å². The normalized spacial score (nSPS) is 2.67. The van der Waals surface area contributed by atoms with Crippen LogP contribution in [0.4, 0.5) is 4.79 Å². The molecule has 0 aliphatic carbocycles. The molecule has 0 spiro atoms. The summed E-state index contributed by atoms with van der Waals surface area (Å²) in [5.41, 5.74) is 0. The van der Waals surface area contributed by atoms with E-state index in [1.807, 2.05) is 0 Å². The molecule has 0 saturated carbocycles. The van der Waals surface area contributed by atoms with Crippen LogP contribution in [0.15, 0.2) is 0 Å². The van der Waals surface area contributed by atoms with E-state index in [0.717, 1.165) is 0 Å². The minimum Gasteiger partial charge on any atom is -2.00 e. The van der Waals surface area contributed by atoms with Crippen molar-refractivity contribution in [3.63, 3.8) is 0 Å². The Morgan fingerprint density at radius 3 is 1.22 bits per heavy atom. The molecule has 0 aliphatic rings. The van der Waals surface area contributed by atoms with Crippen LogP contribution in [0.5, 0.6) is 0 Å². The fraction of sp³-hybridized carbons (Fsp3) is 0. The number of hydrogen-bond donors (Lipinski definition) is 0. The van der Waals surface area contributed by atoms with Crippen LogP contribution in [-0.4, -0.2) is 66.9 Å². The molecule has 0 radical (unpaired) electrons. The summed E-state index contributed by atoms with van der Waals surface area (Å²) < 4.78 is 0. The Morgan fingerprint density at radius 1 is 1.22 bits per heavy atom. The second kappa shape index (κ2) is 31.2. The molecule has 0 fully saturated rings. The summed E-state index contributed by atoms with van der Waals surface area (Å²) in [5.74, 6) is 0. The zero-order chi connectivity index (χ0) is 3.58. The molecule has 0 heterocycles. The van der Waals surface area contributed by atoms with Crippen LogP contribution in [0.3, 0.4) is 0 Å². The van der Waals surface area contributed by atoms with E-state index in [-0.39, 0.29) is 108 Å². The van der Waals surface area contributed by atoms with E-state index in [2.05, 4.69) is 0 Å². The van der Waals surface area contributed by atoms with Gasteiger partial charge in [-0.05, 0) is 6.16 Å². The van der Waals surface area contributed by atoms with Crippen molar-refractivity contribution in [1.82, 2.24) is 0 Å². The molecule has 0 aromatic carbocycles. The van der Waals surface area contributed by atoms with Crippen molar-refractivity contribution in [2.24, 2.45) is 0 Å². The third-order valence-corrected chi connectivity index (χ3v) is 0. The summed E-state index contributed by atoms with van der Waals surface area (Å²) in [5, 5.41) is 16.7. The van der Waals surface area contributed by atoms with Crippen molar-refractivity contribution in [1.29, 1.82) is 0 Å². The van der Waals surface area contributed by atoms with Gasteiger partial charge in [-0.2, -0.15) is 0 Å². The molecule has 0 aromatic rings. The second-order valence-corrected chi connectivity index (χ2v) is 0.250. The molecule has 4 nitrogen and oxygen atoms in total. The van der Waals surface area contributed by atoms with E-state index in [9.17, 15) is 0 Å². The second-order valence-electron chi connectivity index (χ2n) is 0.250. The quantitative estimate of drug-likeness (QED) is 0.362. The van der Waals surface area contributed by atoms with Crippen LogP contribution in [0.2, 0.25) is 0 Å². The largest absolute Gasteiger partial charge is 2.00 e. The predicted molar refractivity (Wildman–Crippen MR) is 17.6 cm³/mol. The SMILES string of the molecule is O=C([O-])[O-].[Ca+2].[Cl-].[Mg+2].[Na+].[O-2]. The Kier molecular flexibility index (Phi) is 145. The standard InChI is InChI=1S/CH2O3.Ca.ClH.Mg.Na.O/c2-1(3)4;;;;;/h(H2,2,3,4);;1H;;;/q;+2;;+2;+1;-2/p-3. The Morgan fingerprint density at radius 2 is 1.22 bits per heavy atom. The van der Waals surface area contributed by atoms with Gasteiger partial charge in [0.2, 0.25) is 0 Å². The molecule has 8 heteroatoms. The minimum atomic E-state index is -2.33. The first-order chi connectivity index (χ1) is 1.73. The number of rotatable bonds is 0. The zero-order valence-corrected chi connectivity index (χ0v) is 11.3. The van der Waals surface area contributed by atoms with Crippen molar-refractivity contribution in [3.05, 3.63) is 0 Å². The van der Waals surface area contributed by atoms with Gasteiger partial charge < -0.3 is 32.9 Å². The summed E-state index contributed by atoms with van der Waals surface area (Å²) in [7, 11) is 0. The third-order valence-electron chi connectivity index (χ3n) is 0. The van der Waals surface area contributed by atoms with Crippen LogP contribution in [0.1, 0.15) is 0 Å². The van der Waals surface area contributed by atoms with Gasteiger partial charge in [0.1, 0.15) is 0 Å². The average molecular weight is 199 g/mol. The molecule has 0 aromatic heterocycles. The van der Waals surface area contributed by atoms with Gasteiger partial charge in [-0.1, -0.05) is 0 Å². The number of carboxylic acid groups (broad SMARTS) is 2. The molecule has 0 saturated heterocycles. The van der Waals surface area contributed by atoms with Crippen molar-refractivity contribution >= 4 is 66.9 Å². The van der Waals surface area contributed by atoms with Crippen LogP contribution >= 0.6 is 0 Å². The summed E-state index contributed by atoms with van der Waals surface area (Å²) in [6, 6.07) is 0. The van der Waals surface area contributed by atoms with Crippen molar-refractivity contribution < 1.29 is 62.4 Å². The first-order valence-electron chi connectivity index (χ1n) is 0.612. The van der Waals surface area contributed by atoms with E-state index < -0.39 is 6.16 Å². The Bertz CT molecular complexity index is 43.5. The molecule has 0 bridgehead atoms. The summed E-state index contributed by atoms with van der Waals surface area (Å²) in [4.78, 5) is 8.33. The van der Waals surface area contributed by atoms with Gasteiger partial charge in [0.25, 0.3) is 0 Å². The van der Waals surface area contributed by atoms with Gasteiger partial charge in [-0.3, -0.25) is 0 Å². The van der Waals surface area contributed by atoms with Gasteiger partial charge in [-0.15, -0.1) is 0 Å². The van der Waals surface area contributed by atoms with Crippen molar-refractivity contribution in [2.75, 3.05) is 0 Å². The van der Waals surface area contributed by atoms with Gasteiger partial charge in [0.15, 0.2) is 0 Å². The predicted octanol–water partition coefficient (Wildman–Crippen LogP) is -9.32. The molecule has 0 unspecified atom stereocenters. The van der Waals surface area contributed by atoms with Crippen LogP contribution in [0, 0.1) is 0 Å². The van der Waals surface area contributed by atoms with E-state index in [0.29, 0.717) is 0 Å². The molecule has 40 valence electrons. The first kappa shape index (κ1) is 41.7. The first-order valence-corrected chi connectivity index (χ1v) is 0.612. The summed E-state index contributed by atoms with van der Waals surface area (Å²) in [6.07, 6.45) is -2.33. The fourth-order valence-corrected chi connectivity index (χ4v) is 0. The molecule has 9 heavy (non-hydrogen) atoms. The summed E-state index contributed by atoms with van der Waals surface area (Å²) >= 11 is 0. The van der Waals surface area contributed by atoms with Gasteiger partial charge in [0.05, 0.1) is 0 Å². The molecule has 0 amide bonds. The monoisotopic (exact) mass is 198 g/mol. The smallest absolute Gasteiger partial charge is 2.00 e. The van der Waals surface area contributed by atoms with Crippen molar-refractivity contribution in [3.8, 4) is 0 Å². The number of hydrogen-bond acceptors (Lipinski definition) is 3. The van der Waals surface area contributed by atoms with Gasteiger partial charge in [-0.25, -0.2) is 0 Å². The average Bonchev–Trinajstić information content (AvgIpc) is 0.811. The molecule has 0 rings (SSSR count). The molecular formula is CCaClMgNaO4. The maximum atomic E-state index is 8.33. The van der Waals surface area contributed by atoms with Gasteiger partial charge >= 0.3 is 90.3 Å².